The average molecular weight is 432 g/mol. The number of hydrogen-bond acceptors (Lipinski definition) is 4. The van der Waals surface area contributed by atoms with Gasteiger partial charge in [0.2, 0.25) is 0 Å². The quantitative estimate of drug-likeness (QED) is 0.353. The van der Waals surface area contributed by atoms with Gasteiger partial charge < -0.3 is 8.85 Å². The van der Waals surface area contributed by atoms with Crippen molar-refractivity contribution < 1.29 is 18.2 Å². The van der Waals surface area contributed by atoms with Crippen LogP contribution >= 0.6 is 7.80 Å². The van der Waals surface area contributed by atoms with E-state index in [-0.39, 0.29) is 5.52 Å². The molecule has 4 nitrogen and oxygen atoms in total. The molecule has 156 valence electrons. The Balaban J connectivity index is 2.13. The summed E-state index contributed by atoms with van der Waals surface area (Å²) in [6.07, 6.45) is 0.981. The van der Waals surface area contributed by atoms with Crippen LogP contribution in [0.15, 0.2) is 42.5 Å². The van der Waals surface area contributed by atoms with Crippen molar-refractivity contribution in [2.24, 2.45) is 0 Å². The first-order valence-electron chi connectivity index (χ1n) is 10.2. The highest BCUT2D eigenvalue weighted by Crippen LogP contribution is 2.33. The van der Waals surface area contributed by atoms with Gasteiger partial charge in [-0.2, -0.15) is 0 Å². The van der Waals surface area contributed by atoms with E-state index in [1.54, 1.807) is 0 Å². The van der Waals surface area contributed by atoms with Gasteiger partial charge in [0.15, 0.2) is 6.16 Å². The summed E-state index contributed by atoms with van der Waals surface area (Å²) in [5.74, 6) is 0. The predicted octanol–water partition coefficient (Wildman–Crippen LogP) is 5.39. The highest BCUT2D eigenvalue weighted by molar-refractivity contribution is 7.64. The standard InChI is InChI=1S/C23H32O4PSi/c1-6-26-29(27-7-2,21-12-9-8-10-13-21)15-11-14-28(25)23(24)22-19(4)16-18(3)17-20(22)5/h8-10,12-13,16-17H,6-7,11,14-15H2,1-5H3/q+1. The van der Waals surface area contributed by atoms with Crippen molar-refractivity contribution in [2.75, 3.05) is 19.4 Å². The second-order valence-corrected chi connectivity index (χ2v) is 12.0. The zero-order chi connectivity index (χ0) is 21.4. The third kappa shape index (κ3) is 5.92. The zero-order valence-electron chi connectivity index (χ0n) is 18.2. The topological polar surface area (TPSA) is 52.6 Å². The summed E-state index contributed by atoms with van der Waals surface area (Å²) < 4.78 is 25.1. The highest BCUT2D eigenvalue weighted by Gasteiger charge is 2.41. The number of benzene rings is 2. The number of hydrogen-bond donors (Lipinski definition) is 0. The minimum Gasteiger partial charge on any atom is -0.391 e. The molecule has 0 aliphatic carbocycles. The van der Waals surface area contributed by atoms with Gasteiger partial charge in [-0.3, -0.25) is 0 Å². The van der Waals surface area contributed by atoms with Crippen molar-refractivity contribution in [2.45, 2.75) is 47.1 Å². The molecular formula is C23H32O4PSi+. The monoisotopic (exact) mass is 431 g/mol. The lowest BCUT2D eigenvalue weighted by Crippen LogP contribution is -2.53. The molecule has 2 rings (SSSR count). The third-order valence-corrected chi connectivity index (χ3v) is 10.1. The van der Waals surface area contributed by atoms with Crippen LogP contribution in [0.5, 0.6) is 0 Å². The Bertz CT molecular complexity index is 822. The molecule has 0 heterocycles. The van der Waals surface area contributed by atoms with Gasteiger partial charge in [0.05, 0.1) is 5.56 Å². The molecule has 29 heavy (non-hydrogen) atoms. The maximum absolute atomic E-state index is 12.8. The number of aryl methyl sites for hydroxylation is 3. The fraction of sp³-hybridized carbons (Fsp3) is 0.435. The zero-order valence-corrected chi connectivity index (χ0v) is 20.1. The van der Waals surface area contributed by atoms with Crippen molar-refractivity contribution in [3.63, 3.8) is 0 Å². The molecule has 0 saturated carbocycles. The predicted molar refractivity (Wildman–Crippen MR) is 122 cm³/mol. The summed E-state index contributed by atoms with van der Waals surface area (Å²) in [4.78, 5) is 12.8. The molecule has 2 aromatic rings. The lowest BCUT2D eigenvalue weighted by molar-refractivity contribution is 0.107. The Hall–Kier alpha value is -1.65. The Morgan fingerprint density at radius 1 is 0.966 bits per heavy atom. The summed E-state index contributed by atoms with van der Waals surface area (Å²) >= 11 is 0. The van der Waals surface area contributed by atoms with Crippen molar-refractivity contribution >= 4 is 27.1 Å². The van der Waals surface area contributed by atoms with E-state index in [1.807, 2.05) is 77.1 Å². The van der Waals surface area contributed by atoms with Crippen LogP contribution in [0.2, 0.25) is 6.04 Å². The van der Waals surface area contributed by atoms with E-state index in [9.17, 15) is 9.36 Å². The molecule has 0 aromatic heterocycles. The van der Waals surface area contributed by atoms with E-state index in [0.29, 0.717) is 37.4 Å². The van der Waals surface area contributed by atoms with Gasteiger partial charge >= 0.3 is 21.9 Å². The largest absolute Gasteiger partial charge is 0.420 e. The van der Waals surface area contributed by atoms with Crippen molar-refractivity contribution in [3.8, 4) is 0 Å². The van der Waals surface area contributed by atoms with Crippen LogP contribution in [0.1, 0.15) is 47.3 Å². The van der Waals surface area contributed by atoms with Crippen LogP contribution in [0.4, 0.5) is 0 Å². The van der Waals surface area contributed by atoms with Crippen LogP contribution in [0.25, 0.3) is 0 Å². The Kier molecular flexibility index (Phi) is 8.91. The SMILES string of the molecule is CCO[Si](CCC[P+](=O)C(=O)c1c(C)cc(C)cc1C)(OCC)c1ccccc1. The van der Waals surface area contributed by atoms with E-state index in [4.69, 9.17) is 8.85 Å². The second-order valence-electron chi connectivity index (χ2n) is 7.27. The molecule has 0 aliphatic heterocycles. The average Bonchev–Trinajstić information content (AvgIpc) is 2.68. The van der Waals surface area contributed by atoms with Crippen LogP contribution in [0.3, 0.4) is 0 Å². The fourth-order valence-electron chi connectivity index (χ4n) is 3.85. The molecule has 0 bridgehead atoms. The molecule has 1 atom stereocenters. The Morgan fingerprint density at radius 2 is 1.52 bits per heavy atom. The maximum atomic E-state index is 12.8. The molecule has 0 radical (unpaired) electrons. The van der Waals surface area contributed by atoms with Gasteiger partial charge in [0.25, 0.3) is 0 Å². The van der Waals surface area contributed by atoms with Crippen LogP contribution in [0, 0.1) is 20.8 Å². The van der Waals surface area contributed by atoms with Gasteiger partial charge in [-0.25, -0.2) is 4.79 Å². The molecule has 0 fully saturated rings. The Morgan fingerprint density at radius 3 is 2.03 bits per heavy atom. The van der Waals surface area contributed by atoms with Gasteiger partial charge in [-0.15, -0.1) is 0 Å². The molecule has 0 aliphatic rings. The van der Waals surface area contributed by atoms with Crippen LogP contribution in [-0.4, -0.2) is 33.5 Å². The number of carbonyl (C=O) groups is 1. The molecular weight excluding hydrogens is 399 g/mol. The van der Waals surface area contributed by atoms with Gasteiger partial charge in [-0.05, 0) is 63.4 Å². The molecule has 2 aromatic carbocycles. The molecule has 6 heteroatoms. The Labute approximate surface area is 176 Å². The van der Waals surface area contributed by atoms with E-state index in [0.717, 1.165) is 21.9 Å². The smallest absolute Gasteiger partial charge is 0.391 e. The maximum Gasteiger partial charge on any atom is 0.420 e. The number of carbonyl (C=O) groups excluding carboxylic acids is 1. The first-order chi connectivity index (χ1) is 13.8. The minimum atomic E-state index is -2.62. The first kappa shape index (κ1) is 23.6. The van der Waals surface area contributed by atoms with Crippen molar-refractivity contribution in [3.05, 3.63) is 64.7 Å². The van der Waals surface area contributed by atoms with E-state index in [2.05, 4.69) is 0 Å². The van der Waals surface area contributed by atoms with Crippen molar-refractivity contribution in [1.29, 1.82) is 0 Å². The molecule has 0 spiro atoms. The second kappa shape index (κ2) is 10.9. The highest BCUT2D eigenvalue weighted by atomic mass is 31.1. The molecule has 0 saturated heterocycles. The van der Waals surface area contributed by atoms with E-state index in [1.165, 1.54) is 0 Å². The summed E-state index contributed by atoms with van der Waals surface area (Å²) in [5.41, 5.74) is 3.27. The van der Waals surface area contributed by atoms with E-state index >= 15 is 0 Å². The number of rotatable bonds is 11. The lowest BCUT2D eigenvalue weighted by Gasteiger charge is -2.30. The lowest BCUT2D eigenvalue weighted by atomic mass is 10.0. The van der Waals surface area contributed by atoms with Crippen LogP contribution < -0.4 is 5.19 Å². The van der Waals surface area contributed by atoms with Crippen molar-refractivity contribution in [1.82, 2.24) is 0 Å². The summed E-state index contributed by atoms with van der Waals surface area (Å²) in [5, 5.41) is 1.08. The molecule has 1 unspecified atom stereocenters. The van der Waals surface area contributed by atoms with Gasteiger partial charge in [0, 0.05) is 13.2 Å². The molecule has 0 N–H and O–H groups in total. The van der Waals surface area contributed by atoms with Gasteiger partial charge in [-0.1, -0.05) is 52.6 Å². The minimum absolute atomic E-state index is 0.241. The summed E-state index contributed by atoms with van der Waals surface area (Å²) in [7, 11) is -4.60. The summed E-state index contributed by atoms with van der Waals surface area (Å²) in [6, 6.07) is 14.7. The van der Waals surface area contributed by atoms with E-state index < -0.39 is 16.4 Å². The van der Waals surface area contributed by atoms with Crippen LogP contribution in [-0.2, 0) is 13.4 Å². The first-order valence-corrected chi connectivity index (χ1v) is 13.7. The van der Waals surface area contributed by atoms with Gasteiger partial charge in [0.1, 0.15) is 0 Å². The molecule has 0 amide bonds. The normalized spacial score (nSPS) is 12.1. The fourth-order valence-corrected chi connectivity index (χ4v) is 8.67. The summed E-state index contributed by atoms with van der Waals surface area (Å²) in [6.45, 7) is 10.9. The third-order valence-electron chi connectivity index (χ3n) is 4.95.